The molecule has 90 valence electrons. The quantitative estimate of drug-likeness (QED) is 0.617. The smallest absolute Gasteiger partial charge is 0.123 e. The fraction of sp³-hybridized carbons (Fsp3) is 0.143. The largest absolute Gasteiger partial charge is 0.366 e. The van der Waals surface area contributed by atoms with Crippen LogP contribution in [0.3, 0.4) is 0 Å². The monoisotopic (exact) mass is 238 g/mol. The van der Waals surface area contributed by atoms with Gasteiger partial charge in [0.05, 0.1) is 29.4 Å². The highest BCUT2D eigenvalue weighted by atomic mass is 15.2. The van der Waals surface area contributed by atoms with E-state index in [0.29, 0.717) is 0 Å². The van der Waals surface area contributed by atoms with Crippen molar-refractivity contribution in [2.45, 2.75) is 6.17 Å². The lowest BCUT2D eigenvalue weighted by molar-refractivity contribution is 0.942. The Hall–Kier alpha value is -2.36. The normalized spacial score (nSPS) is 16.0. The van der Waals surface area contributed by atoms with Crippen LogP contribution < -0.4 is 21.3 Å². The van der Waals surface area contributed by atoms with Crippen molar-refractivity contribution in [2.24, 2.45) is 0 Å². The van der Waals surface area contributed by atoms with E-state index in [4.69, 9.17) is 0 Å². The van der Waals surface area contributed by atoms with Crippen LogP contribution in [0.25, 0.3) is 0 Å². The standard InChI is InChI=1S/C14H14N4/c1-2-4-12-11(3-1)17-14(18-12)9-5-6-10-13(7-9)16-8-15-10/h1-7,14-18H,8H2. The maximum Gasteiger partial charge on any atom is 0.123 e. The molecule has 0 spiro atoms. The van der Waals surface area contributed by atoms with Crippen LogP contribution in [0.5, 0.6) is 0 Å². The van der Waals surface area contributed by atoms with Crippen LogP contribution in [0.15, 0.2) is 42.5 Å². The van der Waals surface area contributed by atoms with Gasteiger partial charge in [-0.05, 0) is 29.8 Å². The van der Waals surface area contributed by atoms with Crippen LogP contribution in [0.2, 0.25) is 0 Å². The van der Waals surface area contributed by atoms with Crippen LogP contribution in [0.4, 0.5) is 22.7 Å². The van der Waals surface area contributed by atoms with E-state index in [1.807, 2.05) is 12.1 Å². The molecule has 4 N–H and O–H groups in total. The van der Waals surface area contributed by atoms with E-state index in [1.165, 1.54) is 16.9 Å². The summed E-state index contributed by atoms with van der Waals surface area (Å²) in [6.45, 7) is 0.810. The first-order valence-electron chi connectivity index (χ1n) is 6.14. The van der Waals surface area contributed by atoms with Crippen LogP contribution in [0.1, 0.15) is 11.7 Å². The van der Waals surface area contributed by atoms with Gasteiger partial charge in [-0.25, -0.2) is 0 Å². The van der Waals surface area contributed by atoms with E-state index in [1.54, 1.807) is 0 Å². The zero-order valence-corrected chi connectivity index (χ0v) is 9.83. The average molecular weight is 238 g/mol. The number of nitrogens with one attached hydrogen (secondary N) is 4. The van der Waals surface area contributed by atoms with Crippen molar-refractivity contribution in [1.82, 2.24) is 0 Å². The number of anilines is 4. The molecule has 0 fully saturated rings. The summed E-state index contributed by atoms with van der Waals surface area (Å²) in [5.74, 6) is 0. The van der Waals surface area contributed by atoms with Crippen molar-refractivity contribution < 1.29 is 0 Å². The lowest BCUT2D eigenvalue weighted by Gasteiger charge is -2.14. The summed E-state index contributed by atoms with van der Waals surface area (Å²) in [7, 11) is 0. The summed E-state index contributed by atoms with van der Waals surface area (Å²) in [6.07, 6.45) is 0.148. The Labute approximate surface area is 105 Å². The van der Waals surface area contributed by atoms with Gasteiger partial charge in [0, 0.05) is 0 Å². The van der Waals surface area contributed by atoms with Gasteiger partial charge in [0.25, 0.3) is 0 Å². The molecule has 4 nitrogen and oxygen atoms in total. The van der Waals surface area contributed by atoms with Crippen molar-refractivity contribution in [3.63, 3.8) is 0 Å². The highest BCUT2D eigenvalue weighted by Gasteiger charge is 2.21. The second-order valence-corrected chi connectivity index (χ2v) is 4.60. The molecular weight excluding hydrogens is 224 g/mol. The number of fused-ring (bicyclic) bond motifs is 2. The van der Waals surface area contributed by atoms with Gasteiger partial charge in [-0.3, -0.25) is 0 Å². The molecular formula is C14H14N4. The van der Waals surface area contributed by atoms with Crippen molar-refractivity contribution in [3.05, 3.63) is 48.0 Å². The molecule has 2 aliphatic rings. The third-order valence-electron chi connectivity index (χ3n) is 3.46. The fourth-order valence-corrected chi connectivity index (χ4v) is 2.53. The second kappa shape index (κ2) is 3.57. The minimum absolute atomic E-state index is 0.148. The highest BCUT2D eigenvalue weighted by Crippen LogP contribution is 2.37. The zero-order valence-electron chi connectivity index (χ0n) is 9.83. The molecule has 0 aliphatic carbocycles. The number of hydrogen-bond acceptors (Lipinski definition) is 4. The number of rotatable bonds is 1. The fourth-order valence-electron chi connectivity index (χ4n) is 2.53. The Morgan fingerprint density at radius 2 is 1.50 bits per heavy atom. The SMILES string of the molecule is c1ccc2c(c1)NC(c1ccc3c(c1)NCN3)N2. The van der Waals surface area contributed by atoms with E-state index < -0.39 is 0 Å². The Balaban J connectivity index is 1.66. The number of hydrogen-bond donors (Lipinski definition) is 4. The second-order valence-electron chi connectivity index (χ2n) is 4.60. The molecule has 2 heterocycles. The van der Waals surface area contributed by atoms with E-state index in [-0.39, 0.29) is 6.17 Å². The molecule has 2 aliphatic heterocycles. The van der Waals surface area contributed by atoms with Gasteiger partial charge in [-0.1, -0.05) is 18.2 Å². The first-order chi connectivity index (χ1) is 8.90. The lowest BCUT2D eigenvalue weighted by Crippen LogP contribution is -2.12. The van der Waals surface area contributed by atoms with Crippen LogP contribution in [0, 0.1) is 0 Å². The third kappa shape index (κ3) is 1.39. The Bertz CT molecular complexity index is 583. The molecule has 0 radical (unpaired) electrons. The Morgan fingerprint density at radius 3 is 2.28 bits per heavy atom. The predicted octanol–water partition coefficient (Wildman–Crippen LogP) is 3.02. The van der Waals surface area contributed by atoms with Crippen LogP contribution in [-0.2, 0) is 0 Å². The van der Waals surface area contributed by atoms with Crippen molar-refractivity contribution in [3.8, 4) is 0 Å². The summed E-state index contributed by atoms with van der Waals surface area (Å²) in [6, 6.07) is 14.7. The number of benzene rings is 2. The topological polar surface area (TPSA) is 48.1 Å². The maximum atomic E-state index is 3.48. The van der Waals surface area contributed by atoms with Gasteiger partial charge in [0.15, 0.2) is 0 Å². The van der Waals surface area contributed by atoms with E-state index in [2.05, 4.69) is 51.6 Å². The van der Waals surface area contributed by atoms with Gasteiger partial charge in [0.1, 0.15) is 6.17 Å². The minimum atomic E-state index is 0.148. The van der Waals surface area contributed by atoms with Crippen LogP contribution >= 0.6 is 0 Å². The molecule has 2 aromatic carbocycles. The first-order valence-corrected chi connectivity index (χ1v) is 6.14. The molecule has 4 heteroatoms. The summed E-state index contributed by atoms with van der Waals surface area (Å²) in [5.41, 5.74) is 5.91. The zero-order chi connectivity index (χ0) is 11.9. The average Bonchev–Trinajstić information content (AvgIpc) is 3.04. The maximum absolute atomic E-state index is 3.48. The molecule has 0 saturated heterocycles. The van der Waals surface area contributed by atoms with Crippen LogP contribution in [-0.4, -0.2) is 6.67 Å². The summed E-state index contributed by atoms with van der Waals surface area (Å²) in [4.78, 5) is 0. The summed E-state index contributed by atoms with van der Waals surface area (Å²) in [5, 5.41) is 13.6. The van der Waals surface area contributed by atoms with E-state index >= 15 is 0 Å². The third-order valence-corrected chi connectivity index (χ3v) is 3.46. The highest BCUT2D eigenvalue weighted by molar-refractivity contribution is 5.77. The molecule has 0 unspecified atom stereocenters. The number of para-hydroxylation sites is 2. The molecule has 0 aromatic heterocycles. The lowest BCUT2D eigenvalue weighted by atomic mass is 10.1. The predicted molar refractivity (Wildman–Crippen MR) is 75.0 cm³/mol. The van der Waals surface area contributed by atoms with Gasteiger partial charge in [-0.2, -0.15) is 0 Å². The molecule has 0 atom stereocenters. The van der Waals surface area contributed by atoms with Gasteiger partial charge in [-0.15, -0.1) is 0 Å². The van der Waals surface area contributed by atoms with Gasteiger partial charge >= 0.3 is 0 Å². The van der Waals surface area contributed by atoms with Crippen molar-refractivity contribution in [1.29, 1.82) is 0 Å². The van der Waals surface area contributed by atoms with Gasteiger partial charge in [0.2, 0.25) is 0 Å². The van der Waals surface area contributed by atoms with Gasteiger partial charge < -0.3 is 21.3 Å². The Morgan fingerprint density at radius 1 is 0.778 bits per heavy atom. The molecule has 2 aromatic rings. The molecule has 0 saturated carbocycles. The summed E-state index contributed by atoms with van der Waals surface area (Å²) < 4.78 is 0. The van der Waals surface area contributed by atoms with Crippen molar-refractivity contribution >= 4 is 22.7 Å². The molecule has 0 bridgehead atoms. The van der Waals surface area contributed by atoms with E-state index in [0.717, 1.165) is 18.0 Å². The minimum Gasteiger partial charge on any atom is -0.366 e. The molecule has 0 amide bonds. The summed E-state index contributed by atoms with van der Waals surface area (Å²) >= 11 is 0. The van der Waals surface area contributed by atoms with Crippen molar-refractivity contribution in [2.75, 3.05) is 27.9 Å². The van der Waals surface area contributed by atoms with E-state index in [9.17, 15) is 0 Å². The molecule has 4 rings (SSSR count). The molecule has 18 heavy (non-hydrogen) atoms. The first kappa shape index (κ1) is 9.65. The Kier molecular flexibility index (Phi) is 1.91.